The lowest BCUT2D eigenvalue weighted by Crippen LogP contribution is -2.14. The first-order valence-corrected chi connectivity index (χ1v) is 8.53. The Bertz CT molecular complexity index is 298. The predicted octanol–water partition coefficient (Wildman–Crippen LogP) is 5.09. The van der Waals surface area contributed by atoms with E-state index >= 15 is 0 Å². The Labute approximate surface area is 125 Å². The number of rotatable bonds is 13. The minimum atomic E-state index is 0.950. The Balaban J connectivity index is 1.77. The van der Waals surface area contributed by atoms with Crippen LogP contribution in [0.15, 0.2) is 24.5 Å². The van der Waals surface area contributed by atoms with Gasteiger partial charge >= 0.3 is 0 Å². The van der Waals surface area contributed by atoms with Crippen molar-refractivity contribution in [2.24, 2.45) is 0 Å². The van der Waals surface area contributed by atoms with E-state index in [9.17, 15) is 0 Å². The van der Waals surface area contributed by atoms with Crippen LogP contribution in [0.1, 0.15) is 76.7 Å². The van der Waals surface area contributed by atoms with Gasteiger partial charge in [-0.25, -0.2) is 0 Å². The van der Waals surface area contributed by atoms with Crippen molar-refractivity contribution < 1.29 is 0 Å². The van der Waals surface area contributed by atoms with E-state index in [2.05, 4.69) is 23.3 Å². The molecule has 0 radical (unpaired) electrons. The normalized spacial score (nSPS) is 10.8. The van der Waals surface area contributed by atoms with E-state index in [1.165, 1.54) is 69.8 Å². The summed E-state index contributed by atoms with van der Waals surface area (Å²) in [6.45, 7) is 4.36. The van der Waals surface area contributed by atoms with Crippen molar-refractivity contribution in [2.45, 2.75) is 77.7 Å². The third-order valence-corrected chi connectivity index (χ3v) is 3.76. The van der Waals surface area contributed by atoms with Gasteiger partial charge in [0.2, 0.25) is 0 Å². The lowest BCUT2D eigenvalue weighted by molar-refractivity contribution is 0.543. The van der Waals surface area contributed by atoms with Crippen LogP contribution >= 0.6 is 0 Å². The van der Waals surface area contributed by atoms with E-state index in [4.69, 9.17) is 0 Å². The van der Waals surface area contributed by atoms with Gasteiger partial charge in [0.25, 0.3) is 0 Å². The molecule has 0 unspecified atom stereocenters. The molecule has 1 aromatic rings. The fourth-order valence-corrected chi connectivity index (χ4v) is 2.47. The molecular formula is C18H32N2. The highest BCUT2D eigenvalue weighted by molar-refractivity contribution is 5.07. The molecule has 0 aromatic carbocycles. The summed E-state index contributed by atoms with van der Waals surface area (Å²) < 4.78 is 0. The number of aromatic nitrogens is 1. The lowest BCUT2D eigenvalue weighted by Gasteiger charge is -2.05. The monoisotopic (exact) mass is 276 g/mol. The van der Waals surface area contributed by atoms with Crippen LogP contribution in [0, 0.1) is 0 Å². The molecule has 0 fully saturated rings. The van der Waals surface area contributed by atoms with E-state index in [0.29, 0.717) is 0 Å². The SMILES string of the molecule is CCCCCCCCCCCCNCc1cccnc1. The highest BCUT2D eigenvalue weighted by Gasteiger charge is 1.94. The minimum Gasteiger partial charge on any atom is -0.313 e. The molecule has 1 aromatic heterocycles. The van der Waals surface area contributed by atoms with Crippen LogP contribution in [0.5, 0.6) is 0 Å². The molecule has 0 atom stereocenters. The molecule has 1 N–H and O–H groups in total. The summed E-state index contributed by atoms with van der Waals surface area (Å²) in [4.78, 5) is 4.12. The zero-order valence-electron chi connectivity index (χ0n) is 13.2. The number of hydrogen-bond donors (Lipinski definition) is 1. The molecule has 0 spiro atoms. The largest absolute Gasteiger partial charge is 0.313 e. The van der Waals surface area contributed by atoms with E-state index in [1.54, 1.807) is 0 Å². The van der Waals surface area contributed by atoms with Crippen LogP contribution in [-0.2, 0) is 6.54 Å². The van der Waals surface area contributed by atoms with Crippen LogP contribution in [0.4, 0.5) is 0 Å². The maximum atomic E-state index is 4.12. The molecule has 0 aliphatic rings. The fraction of sp³-hybridized carbons (Fsp3) is 0.722. The van der Waals surface area contributed by atoms with Crippen LogP contribution in [0.25, 0.3) is 0 Å². The molecular weight excluding hydrogens is 244 g/mol. The van der Waals surface area contributed by atoms with Crippen molar-refractivity contribution in [3.05, 3.63) is 30.1 Å². The molecule has 114 valence electrons. The van der Waals surface area contributed by atoms with Crippen molar-refractivity contribution in [3.63, 3.8) is 0 Å². The summed E-state index contributed by atoms with van der Waals surface area (Å²) in [5, 5.41) is 3.49. The molecule has 1 rings (SSSR count). The average molecular weight is 276 g/mol. The van der Waals surface area contributed by atoms with E-state index in [-0.39, 0.29) is 0 Å². The fourth-order valence-electron chi connectivity index (χ4n) is 2.47. The molecule has 0 aliphatic carbocycles. The Morgan fingerprint density at radius 3 is 2.15 bits per heavy atom. The van der Waals surface area contributed by atoms with Gasteiger partial charge in [0.1, 0.15) is 0 Å². The smallest absolute Gasteiger partial charge is 0.0312 e. The predicted molar refractivity (Wildman–Crippen MR) is 87.8 cm³/mol. The summed E-state index contributed by atoms with van der Waals surface area (Å²) in [5.41, 5.74) is 1.28. The van der Waals surface area contributed by atoms with Gasteiger partial charge in [-0.05, 0) is 24.6 Å². The molecule has 1 heterocycles. The highest BCUT2D eigenvalue weighted by Crippen LogP contribution is 2.10. The Morgan fingerprint density at radius 2 is 1.55 bits per heavy atom. The van der Waals surface area contributed by atoms with Crippen LogP contribution in [0.2, 0.25) is 0 Å². The molecule has 2 heteroatoms. The second kappa shape index (κ2) is 13.1. The second-order valence-corrected chi connectivity index (χ2v) is 5.72. The van der Waals surface area contributed by atoms with Crippen molar-refractivity contribution in [2.75, 3.05) is 6.54 Å². The van der Waals surface area contributed by atoms with Crippen molar-refractivity contribution in [3.8, 4) is 0 Å². The Morgan fingerprint density at radius 1 is 0.900 bits per heavy atom. The summed E-state index contributed by atoms with van der Waals surface area (Å²) >= 11 is 0. The van der Waals surface area contributed by atoms with Gasteiger partial charge < -0.3 is 5.32 Å². The standard InChI is InChI=1S/C18H32N2/c1-2-3-4-5-6-7-8-9-10-11-14-19-16-18-13-12-15-20-17-18/h12-13,15,17,19H,2-11,14,16H2,1H3. The molecule has 2 nitrogen and oxygen atoms in total. The van der Waals surface area contributed by atoms with Crippen LogP contribution in [0.3, 0.4) is 0 Å². The number of hydrogen-bond acceptors (Lipinski definition) is 2. The highest BCUT2D eigenvalue weighted by atomic mass is 14.8. The van der Waals surface area contributed by atoms with Gasteiger partial charge in [-0.2, -0.15) is 0 Å². The average Bonchev–Trinajstić information content (AvgIpc) is 2.49. The van der Waals surface area contributed by atoms with E-state index in [0.717, 1.165) is 13.1 Å². The molecule has 0 amide bonds. The Hall–Kier alpha value is -0.890. The first kappa shape index (κ1) is 17.2. The maximum Gasteiger partial charge on any atom is 0.0312 e. The zero-order chi connectivity index (χ0) is 14.3. The zero-order valence-corrected chi connectivity index (χ0v) is 13.2. The van der Waals surface area contributed by atoms with E-state index < -0.39 is 0 Å². The first-order valence-electron chi connectivity index (χ1n) is 8.53. The summed E-state index contributed by atoms with van der Waals surface area (Å²) in [5.74, 6) is 0. The second-order valence-electron chi connectivity index (χ2n) is 5.72. The number of nitrogens with zero attached hydrogens (tertiary/aromatic N) is 1. The topological polar surface area (TPSA) is 24.9 Å². The maximum absolute atomic E-state index is 4.12. The molecule has 0 aliphatic heterocycles. The van der Waals surface area contributed by atoms with Gasteiger partial charge in [0, 0.05) is 18.9 Å². The van der Waals surface area contributed by atoms with Gasteiger partial charge in [0.15, 0.2) is 0 Å². The quantitative estimate of drug-likeness (QED) is 0.507. The molecule has 0 saturated carbocycles. The van der Waals surface area contributed by atoms with Gasteiger partial charge in [0.05, 0.1) is 0 Å². The Kier molecular flexibility index (Phi) is 11.2. The molecule has 0 saturated heterocycles. The first-order chi connectivity index (χ1) is 9.93. The molecule has 0 bridgehead atoms. The summed E-state index contributed by atoms with van der Waals surface area (Å²) in [6, 6.07) is 4.12. The summed E-state index contributed by atoms with van der Waals surface area (Å²) in [6.07, 6.45) is 17.8. The minimum absolute atomic E-state index is 0.950. The number of pyridine rings is 1. The van der Waals surface area contributed by atoms with Gasteiger partial charge in [-0.3, -0.25) is 4.98 Å². The lowest BCUT2D eigenvalue weighted by atomic mass is 10.1. The van der Waals surface area contributed by atoms with Crippen molar-refractivity contribution >= 4 is 0 Å². The van der Waals surface area contributed by atoms with Crippen LogP contribution in [-0.4, -0.2) is 11.5 Å². The van der Waals surface area contributed by atoms with Crippen LogP contribution < -0.4 is 5.32 Å². The van der Waals surface area contributed by atoms with Crippen molar-refractivity contribution in [1.29, 1.82) is 0 Å². The van der Waals surface area contributed by atoms with Gasteiger partial charge in [-0.1, -0.05) is 70.8 Å². The summed E-state index contributed by atoms with van der Waals surface area (Å²) in [7, 11) is 0. The third-order valence-electron chi connectivity index (χ3n) is 3.76. The van der Waals surface area contributed by atoms with E-state index in [1.807, 2.05) is 18.5 Å². The number of nitrogens with one attached hydrogen (secondary N) is 1. The van der Waals surface area contributed by atoms with Crippen molar-refractivity contribution in [1.82, 2.24) is 10.3 Å². The molecule has 20 heavy (non-hydrogen) atoms. The van der Waals surface area contributed by atoms with Gasteiger partial charge in [-0.15, -0.1) is 0 Å². The third kappa shape index (κ3) is 9.96. The number of unbranched alkanes of at least 4 members (excludes halogenated alkanes) is 9.